The van der Waals surface area contributed by atoms with E-state index in [1.807, 2.05) is 0 Å². The van der Waals surface area contributed by atoms with E-state index in [9.17, 15) is 68.6 Å². The first-order valence-electron chi connectivity index (χ1n) is 25.3. The fourth-order valence-electron chi connectivity index (χ4n) is 8.45. The highest BCUT2D eigenvalue weighted by atomic mass is 16.6. The summed E-state index contributed by atoms with van der Waals surface area (Å²) in [6.45, 7) is 6.74. The number of aliphatic imine (C=N–C) groups is 1. The molecule has 1 aliphatic heterocycles. The van der Waals surface area contributed by atoms with Crippen molar-refractivity contribution in [2.24, 2.45) is 34.0 Å². The molecule has 424 valence electrons. The van der Waals surface area contributed by atoms with E-state index in [1.54, 1.807) is 27.7 Å². The third-order valence-corrected chi connectivity index (χ3v) is 13.0. The van der Waals surface area contributed by atoms with Crippen molar-refractivity contribution in [3.63, 3.8) is 0 Å². The van der Waals surface area contributed by atoms with Gasteiger partial charge in [-0.2, -0.15) is 0 Å². The number of likely N-dealkylation sites (tertiary alicyclic amines) is 1. The average molecular weight is 1090 g/mol. The van der Waals surface area contributed by atoms with Crippen molar-refractivity contribution in [1.82, 2.24) is 46.8 Å². The number of guanidine groups is 1. The van der Waals surface area contributed by atoms with Crippen LogP contribution in [0.2, 0.25) is 0 Å². The van der Waals surface area contributed by atoms with Gasteiger partial charge in [0.25, 0.3) is 5.69 Å². The van der Waals surface area contributed by atoms with E-state index in [0.717, 1.165) is 0 Å². The lowest BCUT2D eigenvalue weighted by Gasteiger charge is -2.32. The Hall–Kier alpha value is -8.69. The number of nitro groups is 1. The Morgan fingerprint density at radius 2 is 1.36 bits per heavy atom. The van der Waals surface area contributed by atoms with Crippen LogP contribution in [-0.4, -0.2) is 156 Å². The van der Waals surface area contributed by atoms with Crippen LogP contribution in [0, 0.1) is 22.0 Å². The Bertz CT molecular complexity index is 2610. The number of carbonyl (C=O) groups excluding carboxylic acids is 7. The van der Waals surface area contributed by atoms with Crippen LogP contribution in [-0.2, 0) is 62.4 Å². The number of aliphatic carboxylic acids is 2. The summed E-state index contributed by atoms with van der Waals surface area (Å²) in [7, 11) is 0. The lowest BCUT2D eigenvalue weighted by molar-refractivity contribution is -0.384. The molecule has 0 aliphatic carbocycles. The number of carboxylic acid groups (broad SMARTS) is 2. The number of nitrogens with zero attached hydrogens (tertiary/aromatic N) is 4. The first kappa shape index (κ1) is 61.9. The third-order valence-electron chi connectivity index (χ3n) is 13.0. The summed E-state index contributed by atoms with van der Waals surface area (Å²) in [5, 5.41) is 56.1. The molecule has 3 aromatic rings. The molecule has 1 saturated heterocycles. The second kappa shape index (κ2) is 29.6. The lowest BCUT2D eigenvalue weighted by atomic mass is 9.96. The van der Waals surface area contributed by atoms with Gasteiger partial charge in [-0.15, -0.1) is 0 Å². The summed E-state index contributed by atoms with van der Waals surface area (Å²) in [5.74, 6) is -10.2. The number of aromatic amines is 1. The minimum Gasteiger partial charge on any atom is -0.508 e. The Balaban J connectivity index is 1.59. The van der Waals surface area contributed by atoms with Gasteiger partial charge in [0.15, 0.2) is 5.96 Å². The standard InChI is InChI=1S/C50H70N14O14/c1-5-27(4)41(47(73)59-36(22-30-24-54-25-56-30)48(74)63-19-7-9-38(63)45(71)60-37(49(75)76)21-28-10-14-31(15-11-28)64(77)78)62-44(70)35(20-29-12-16-32(65)17-13-29)58-46(72)40(26(2)3)61-43(69)34(8-6-18-55-50(52)53)57-42(68)33(51)23-39(66)67/h10-17,24-27,33-38,40-41,65H,5-9,18-23,51H2,1-4H3,(H,54,56)(H,57,68)(H,58,72)(H,59,73)(H,60,71)(H,61,69)(H,62,70)(H,66,67)(H,75,76)(H4,52,53,55)/t27-,33-,34-,35-,36-,37-,38-,40-,41-/m0/s1. The molecule has 0 spiro atoms. The van der Waals surface area contributed by atoms with E-state index in [2.05, 4.69) is 46.9 Å². The number of imidazole rings is 1. The molecule has 0 radical (unpaired) electrons. The average Bonchev–Trinajstić information content (AvgIpc) is 4.11. The van der Waals surface area contributed by atoms with E-state index in [1.165, 1.54) is 66.0 Å². The van der Waals surface area contributed by atoms with Crippen LogP contribution in [0.3, 0.4) is 0 Å². The van der Waals surface area contributed by atoms with E-state index in [-0.39, 0.29) is 69.0 Å². The van der Waals surface area contributed by atoms with Gasteiger partial charge >= 0.3 is 11.9 Å². The number of hydrogen-bond acceptors (Lipinski definition) is 15. The highest BCUT2D eigenvalue weighted by Gasteiger charge is 2.41. The number of nitrogens with one attached hydrogen (secondary N) is 7. The largest absolute Gasteiger partial charge is 0.508 e. The third kappa shape index (κ3) is 18.8. The Morgan fingerprint density at radius 1 is 0.782 bits per heavy atom. The molecular weight excluding hydrogens is 1020 g/mol. The molecule has 78 heavy (non-hydrogen) atoms. The van der Waals surface area contributed by atoms with Gasteiger partial charge in [0, 0.05) is 56.4 Å². The molecule has 9 atom stereocenters. The normalized spacial score (nSPS) is 16.1. The summed E-state index contributed by atoms with van der Waals surface area (Å²) in [4.78, 5) is 145. The van der Waals surface area contributed by atoms with Crippen LogP contribution in [0.1, 0.15) is 83.0 Å². The van der Waals surface area contributed by atoms with E-state index in [4.69, 9.17) is 17.2 Å². The number of phenolic OH excluding ortho intramolecular Hbond substituents is 1. The number of nitrogens with two attached hydrogens (primary N) is 3. The number of carbonyl (C=O) groups is 9. The minimum absolute atomic E-state index is 0.0485. The first-order valence-corrected chi connectivity index (χ1v) is 25.3. The van der Waals surface area contributed by atoms with E-state index < -0.39 is 125 Å². The molecule has 16 N–H and O–H groups in total. The molecule has 4 rings (SSSR count). The number of amides is 7. The van der Waals surface area contributed by atoms with Gasteiger partial charge in [-0.25, -0.2) is 9.78 Å². The number of phenols is 1. The number of aromatic nitrogens is 2. The fourth-order valence-corrected chi connectivity index (χ4v) is 8.45. The van der Waals surface area contributed by atoms with Crippen molar-refractivity contribution in [3.8, 4) is 5.75 Å². The molecular formula is C50H70N14O14. The van der Waals surface area contributed by atoms with Crippen molar-refractivity contribution in [3.05, 3.63) is 88.0 Å². The highest BCUT2D eigenvalue weighted by Crippen LogP contribution is 2.22. The molecule has 1 aromatic heterocycles. The van der Waals surface area contributed by atoms with Gasteiger partial charge in [-0.05, 0) is 60.8 Å². The van der Waals surface area contributed by atoms with Gasteiger partial charge in [0.1, 0.15) is 48.0 Å². The van der Waals surface area contributed by atoms with E-state index in [0.29, 0.717) is 29.7 Å². The first-order chi connectivity index (χ1) is 36.9. The number of benzene rings is 2. The zero-order valence-electron chi connectivity index (χ0n) is 43.7. The second-order valence-corrected chi connectivity index (χ2v) is 19.3. The zero-order chi connectivity index (χ0) is 57.8. The van der Waals surface area contributed by atoms with Crippen LogP contribution < -0.4 is 49.1 Å². The number of non-ortho nitro benzene ring substituents is 1. The van der Waals surface area contributed by atoms with Crippen LogP contribution in [0.5, 0.6) is 5.75 Å². The van der Waals surface area contributed by atoms with Crippen molar-refractivity contribution in [2.45, 2.75) is 134 Å². The smallest absolute Gasteiger partial charge is 0.326 e. The highest BCUT2D eigenvalue weighted by molar-refractivity contribution is 5.98. The zero-order valence-corrected chi connectivity index (χ0v) is 43.7. The molecule has 28 nitrogen and oxygen atoms in total. The number of aromatic hydroxyl groups is 1. The number of H-pyrrole nitrogens is 1. The Morgan fingerprint density at radius 3 is 1.92 bits per heavy atom. The molecule has 7 amide bonds. The molecule has 2 heterocycles. The maximum atomic E-state index is 14.6. The number of hydrogen-bond donors (Lipinski definition) is 13. The van der Waals surface area contributed by atoms with Crippen LogP contribution >= 0.6 is 0 Å². The van der Waals surface area contributed by atoms with Crippen LogP contribution in [0.15, 0.2) is 66.0 Å². The number of nitro benzene ring substituents is 1. The van der Waals surface area contributed by atoms with Crippen molar-refractivity contribution in [2.75, 3.05) is 13.1 Å². The van der Waals surface area contributed by atoms with Gasteiger partial charge in [-0.3, -0.25) is 53.5 Å². The topological polar surface area (TPSA) is 452 Å². The predicted octanol–water partition coefficient (Wildman–Crippen LogP) is -1.41. The molecule has 1 aliphatic rings. The second-order valence-electron chi connectivity index (χ2n) is 19.3. The maximum absolute atomic E-state index is 14.6. The lowest BCUT2D eigenvalue weighted by Crippen LogP contribution is -2.62. The van der Waals surface area contributed by atoms with Gasteiger partial charge < -0.3 is 74.3 Å². The maximum Gasteiger partial charge on any atom is 0.326 e. The summed E-state index contributed by atoms with van der Waals surface area (Å²) >= 11 is 0. The van der Waals surface area contributed by atoms with Crippen molar-refractivity contribution < 1.29 is 63.4 Å². The molecule has 0 unspecified atom stereocenters. The molecule has 28 heteroatoms. The Kier molecular flexibility index (Phi) is 23.4. The summed E-state index contributed by atoms with van der Waals surface area (Å²) in [5.41, 5.74) is 17.7. The van der Waals surface area contributed by atoms with Crippen LogP contribution in [0.4, 0.5) is 5.69 Å². The summed E-state index contributed by atoms with van der Waals surface area (Å²) < 4.78 is 0. The monoisotopic (exact) mass is 1090 g/mol. The van der Waals surface area contributed by atoms with Crippen molar-refractivity contribution in [1.29, 1.82) is 0 Å². The number of carboxylic acids is 2. The predicted molar refractivity (Wildman–Crippen MR) is 279 cm³/mol. The SMILES string of the molecule is CC[C@H](C)[C@H](NC(=O)[C@H](Cc1ccc(O)cc1)NC(=O)[C@@H](NC(=O)[C@H](CCCN=C(N)N)NC(=O)[C@@H](N)CC(=O)O)C(C)C)C(=O)N[C@@H](Cc1cnc[nH]1)C(=O)N1CCC[C@H]1C(=O)N[C@@H](Cc1ccc([N+](=O)[O-])cc1)C(=O)O. The molecule has 1 fully saturated rings. The summed E-state index contributed by atoms with van der Waals surface area (Å²) in [6.07, 6.45) is 2.34. The number of rotatable bonds is 30. The molecule has 0 saturated carbocycles. The Labute approximate surface area is 448 Å². The van der Waals surface area contributed by atoms with Crippen LogP contribution in [0.25, 0.3) is 0 Å². The quantitative estimate of drug-likeness (QED) is 0.0120. The van der Waals surface area contributed by atoms with Gasteiger partial charge in [0.2, 0.25) is 41.4 Å². The summed E-state index contributed by atoms with van der Waals surface area (Å²) in [6, 6.07) is -0.163. The molecule has 2 aromatic carbocycles. The van der Waals surface area contributed by atoms with Crippen molar-refractivity contribution >= 4 is 64.9 Å². The van der Waals surface area contributed by atoms with Gasteiger partial charge in [0.05, 0.1) is 23.7 Å². The van der Waals surface area contributed by atoms with Gasteiger partial charge in [-0.1, -0.05) is 58.4 Å². The minimum atomic E-state index is -1.52. The molecule has 0 bridgehead atoms. The fraction of sp³-hybridized carbons (Fsp3) is 0.500. The van der Waals surface area contributed by atoms with E-state index >= 15 is 0 Å².